The van der Waals surface area contributed by atoms with Gasteiger partial charge in [-0.3, -0.25) is 14.9 Å². The highest BCUT2D eigenvalue weighted by Gasteiger charge is 2.36. The molecule has 1 aliphatic heterocycles. The molecule has 166 valence electrons. The Labute approximate surface area is 193 Å². The zero-order valence-electron chi connectivity index (χ0n) is 17.5. The van der Waals surface area contributed by atoms with Crippen LogP contribution < -0.4 is 24.4 Å². The summed E-state index contributed by atoms with van der Waals surface area (Å²) in [4.78, 5) is 38.8. The molecule has 0 bridgehead atoms. The second kappa shape index (κ2) is 10.1. The van der Waals surface area contributed by atoms with Crippen LogP contribution in [0.3, 0.4) is 0 Å². The highest BCUT2D eigenvalue weighted by molar-refractivity contribution is 9.10. The minimum atomic E-state index is -0.827. The lowest BCUT2D eigenvalue weighted by Gasteiger charge is -2.26. The molecule has 0 spiro atoms. The molecule has 1 N–H and O–H groups in total. The molecule has 0 aromatic heterocycles. The molecule has 1 aliphatic rings. The molecule has 0 aliphatic carbocycles. The number of halogens is 1. The number of rotatable bonds is 8. The molecule has 8 nitrogen and oxygen atoms in total. The van der Waals surface area contributed by atoms with Crippen LogP contribution in [-0.2, 0) is 9.59 Å². The molecule has 3 rings (SSSR count). The van der Waals surface area contributed by atoms with Gasteiger partial charge in [0.05, 0.1) is 23.9 Å². The van der Waals surface area contributed by atoms with Crippen molar-refractivity contribution < 1.29 is 28.6 Å². The van der Waals surface area contributed by atoms with Crippen LogP contribution in [-0.4, -0.2) is 38.2 Å². The minimum Gasteiger partial charge on any atom is -0.497 e. The molecule has 0 saturated carbocycles. The predicted molar refractivity (Wildman–Crippen MR) is 123 cm³/mol. The summed E-state index contributed by atoms with van der Waals surface area (Å²) in [5.74, 6) is -0.0565. The van der Waals surface area contributed by atoms with Crippen molar-refractivity contribution in [1.82, 2.24) is 5.32 Å². The Morgan fingerprint density at radius 2 is 1.84 bits per heavy atom. The van der Waals surface area contributed by atoms with Crippen molar-refractivity contribution in [3.8, 4) is 17.2 Å². The van der Waals surface area contributed by atoms with Gasteiger partial charge >= 0.3 is 6.03 Å². The van der Waals surface area contributed by atoms with Crippen molar-refractivity contribution in [2.45, 2.75) is 6.92 Å². The maximum absolute atomic E-state index is 13.1. The maximum atomic E-state index is 13.1. The highest BCUT2D eigenvalue weighted by Crippen LogP contribution is 2.38. The van der Waals surface area contributed by atoms with Crippen molar-refractivity contribution in [2.75, 3.05) is 25.2 Å². The predicted octanol–water partition coefficient (Wildman–Crippen LogP) is 4.09. The Kier molecular flexibility index (Phi) is 7.32. The number of nitrogens with zero attached hydrogens (tertiary/aromatic N) is 1. The SMILES string of the molecule is C=CCOc1c(Br)cc(/C=C2\C(=O)NC(=O)N(c3ccc(OC)cc3)C2=O)cc1OCC. The van der Waals surface area contributed by atoms with E-state index in [0.29, 0.717) is 39.6 Å². The summed E-state index contributed by atoms with van der Waals surface area (Å²) < 4.78 is 17.0. The lowest BCUT2D eigenvalue weighted by molar-refractivity contribution is -0.122. The maximum Gasteiger partial charge on any atom is 0.335 e. The largest absolute Gasteiger partial charge is 0.497 e. The first-order valence-electron chi connectivity index (χ1n) is 9.65. The lowest BCUT2D eigenvalue weighted by Crippen LogP contribution is -2.54. The van der Waals surface area contributed by atoms with Crippen LogP contribution in [0.2, 0.25) is 0 Å². The molecule has 1 heterocycles. The third-order valence-electron chi connectivity index (χ3n) is 4.42. The van der Waals surface area contributed by atoms with Crippen molar-refractivity contribution >= 4 is 45.5 Å². The molecular formula is C23H21BrN2O6. The van der Waals surface area contributed by atoms with Gasteiger partial charge in [0, 0.05) is 0 Å². The number of amides is 4. The van der Waals surface area contributed by atoms with Gasteiger partial charge in [0.2, 0.25) is 0 Å². The zero-order chi connectivity index (χ0) is 23.3. The van der Waals surface area contributed by atoms with E-state index in [1.54, 1.807) is 42.5 Å². The first-order chi connectivity index (χ1) is 15.4. The third-order valence-corrected chi connectivity index (χ3v) is 5.01. The normalized spacial score (nSPS) is 14.9. The lowest BCUT2D eigenvalue weighted by atomic mass is 10.1. The number of benzene rings is 2. The summed E-state index contributed by atoms with van der Waals surface area (Å²) >= 11 is 3.43. The Morgan fingerprint density at radius 1 is 1.12 bits per heavy atom. The second-order valence-corrected chi connectivity index (χ2v) is 7.37. The monoisotopic (exact) mass is 500 g/mol. The average Bonchev–Trinajstić information content (AvgIpc) is 2.76. The van der Waals surface area contributed by atoms with Gasteiger partial charge < -0.3 is 14.2 Å². The van der Waals surface area contributed by atoms with E-state index < -0.39 is 17.8 Å². The molecule has 2 aromatic carbocycles. The molecule has 0 unspecified atom stereocenters. The highest BCUT2D eigenvalue weighted by atomic mass is 79.9. The van der Waals surface area contributed by atoms with E-state index in [0.717, 1.165) is 4.90 Å². The van der Waals surface area contributed by atoms with Gasteiger partial charge in [0.1, 0.15) is 17.9 Å². The van der Waals surface area contributed by atoms with Crippen molar-refractivity contribution in [3.05, 3.63) is 64.7 Å². The fourth-order valence-corrected chi connectivity index (χ4v) is 3.58. The van der Waals surface area contributed by atoms with Gasteiger partial charge in [-0.1, -0.05) is 12.7 Å². The quantitative estimate of drug-likeness (QED) is 0.333. The van der Waals surface area contributed by atoms with E-state index in [-0.39, 0.29) is 12.2 Å². The fraction of sp³-hybridized carbons (Fsp3) is 0.174. The molecular weight excluding hydrogens is 480 g/mol. The van der Waals surface area contributed by atoms with E-state index in [9.17, 15) is 14.4 Å². The van der Waals surface area contributed by atoms with Gasteiger partial charge in [0.15, 0.2) is 11.5 Å². The molecule has 9 heteroatoms. The minimum absolute atomic E-state index is 0.200. The first kappa shape index (κ1) is 23.1. The van der Waals surface area contributed by atoms with Gasteiger partial charge in [0.25, 0.3) is 11.8 Å². The van der Waals surface area contributed by atoms with E-state index in [1.807, 2.05) is 6.92 Å². The number of imide groups is 2. The van der Waals surface area contributed by atoms with Gasteiger partial charge in [-0.25, -0.2) is 9.69 Å². The number of carbonyl (C=O) groups is 3. The molecule has 4 amide bonds. The van der Waals surface area contributed by atoms with Crippen LogP contribution in [0.15, 0.2) is 59.1 Å². The Hall–Kier alpha value is -3.59. The molecule has 0 atom stereocenters. The molecule has 1 saturated heterocycles. The van der Waals surface area contributed by atoms with E-state index in [1.165, 1.54) is 13.2 Å². The number of barbiturate groups is 1. The van der Waals surface area contributed by atoms with Crippen LogP contribution in [0.1, 0.15) is 12.5 Å². The number of hydrogen-bond donors (Lipinski definition) is 1. The topological polar surface area (TPSA) is 94.2 Å². The summed E-state index contributed by atoms with van der Waals surface area (Å²) in [5.41, 5.74) is 0.611. The van der Waals surface area contributed by atoms with Crippen molar-refractivity contribution in [2.24, 2.45) is 0 Å². The zero-order valence-corrected chi connectivity index (χ0v) is 19.1. The van der Waals surface area contributed by atoms with Crippen molar-refractivity contribution in [1.29, 1.82) is 0 Å². The standard InChI is InChI=1S/C23H21BrN2O6/c1-4-10-32-20-18(24)12-14(13-19(20)31-5-2)11-17-21(27)25-23(29)26(22(17)28)15-6-8-16(30-3)9-7-15/h4,6-9,11-13H,1,5,10H2,2-3H3,(H,25,27,29)/b17-11+. The Bertz CT molecular complexity index is 1090. The van der Waals surface area contributed by atoms with Gasteiger partial charge in [-0.15, -0.1) is 0 Å². The smallest absolute Gasteiger partial charge is 0.335 e. The number of methoxy groups -OCH3 is 1. The second-order valence-electron chi connectivity index (χ2n) is 6.52. The number of nitrogens with one attached hydrogen (secondary N) is 1. The number of urea groups is 1. The summed E-state index contributed by atoms with van der Waals surface area (Å²) in [6, 6.07) is 8.84. The molecule has 32 heavy (non-hydrogen) atoms. The Morgan fingerprint density at radius 3 is 2.47 bits per heavy atom. The van der Waals surface area contributed by atoms with Gasteiger partial charge in [-0.05, 0) is 70.9 Å². The van der Waals surface area contributed by atoms with Gasteiger partial charge in [-0.2, -0.15) is 0 Å². The molecule has 0 radical (unpaired) electrons. The summed E-state index contributed by atoms with van der Waals surface area (Å²) in [6.07, 6.45) is 3.00. The van der Waals surface area contributed by atoms with Crippen LogP contribution in [0.5, 0.6) is 17.2 Å². The summed E-state index contributed by atoms with van der Waals surface area (Å²) in [6.45, 7) is 6.12. The fourth-order valence-electron chi connectivity index (χ4n) is 3.01. The summed E-state index contributed by atoms with van der Waals surface area (Å²) in [7, 11) is 1.51. The number of anilines is 1. The van der Waals surface area contributed by atoms with Crippen LogP contribution in [0, 0.1) is 0 Å². The number of hydrogen-bond acceptors (Lipinski definition) is 6. The Balaban J connectivity index is 2.00. The van der Waals surface area contributed by atoms with Crippen LogP contribution >= 0.6 is 15.9 Å². The third kappa shape index (κ3) is 4.83. The number of carbonyl (C=O) groups excluding carboxylic acids is 3. The molecule has 2 aromatic rings. The first-order valence-corrected chi connectivity index (χ1v) is 10.4. The van der Waals surface area contributed by atoms with Crippen LogP contribution in [0.25, 0.3) is 6.08 Å². The van der Waals surface area contributed by atoms with Crippen molar-refractivity contribution in [3.63, 3.8) is 0 Å². The van der Waals surface area contributed by atoms with E-state index in [2.05, 4.69) is 27.8 Å². The van der Waals surface area contributed by atoms with Crippen LogP contribution in [0.4, 0.5) is 10.5 Å². The number of ether oxygens (including phenoxy) is 3. The van der Waals surface area contributed by atoms with E-state index >= 15 is 0 Å². The summed E-state index contributed by atoms with van der Waals surface area (Å²) in [5, 5.41) is 2.20. The van der Waals surface area contributed by atoms with E-state index in [4.69, 9.17) is 14.2 Å². The average molecular weight is 501 g/mol. The molecule has 1 fully saturated rings.